The number of carbonyl (C=O) groups excluding carboxylic acids is 8. The number of carbonyl (C=O) groups is 9. The lowest BCUT2D eigenvalue weighted by Crippen LogP contribution is -2.40. The van der Waals surface area contributed by atoms with Gasteiger partial charge >= 0.3 is 29.8 Å². The summed E-state index contributed by atoms with van der Waals surface area (Å²) in [7, 11) is 1.35. The molecule has 0 aromatic heterocycles. The number of hydrogen-bond acceptors (Lipinski definition) is 18. The van der Waals surface area contributed by atoms with E-state index in [1.165, 1.54) is 62.5 Å². The standard InChI is InChI=1S/C28H28N2O9.C9H4O5.C6H16N2O.C3H8O2/c1-15(2)13-37-14-16(3)30-25(33)20-8-6-18(12-22(20)26(30)34)28(36)39-10-9-38-27(35)17-5-7-19-21(11-17)24(32)29(4)23(19)31;10-7(11)4-1-2-5-6(3-4)9(13)14-8(5)12;1-5(7)3-9-4-6(2)8;1-3(5)2-4/h5-8,11-12,15-16H,9-10,13-14H2,1-4H3;1-3H,(H,10,11);5-6H,3-4,7-8H2,1-2H3;3-5H,2H2,1H3. The highest BCUT2D eigenvalue weighted by molar-refractivity contribution is 6.23. The maximum atomic E-state index is 12.9. The van der Waals surface area contributed by atoms with Crippen LogP contribution in [0.15, 0.2) is 54.6 Å². The van der Waals surface area contributed by atoms with E-state index in [-0.39, 0.29) is 88.6 Å². The number of imide groups is 2. The van der Waals surface area contributed by atoms with Gasteiger partial charge in [-0.25, -0.2) is 24.0 Å². The number of esters is 4. The molecule has 0 radical (unpaired) electrons. The molecule has 0 aliphatic carbocycles. The molecule has 3 aromatic carbocycles. The van der Waals surface area contributed by atoms with E-state index < -0.39 is 65.6 Å². The Balaban J connectivity index is 0.000000342. The number of nitrogens with zero attached hydrogens (tertiary/aromatic N) is 2. The molecule has 4 amide bonds. The van der Waals surface area contributed by atoms with E-state index in [0.717, 1.165) is 15.9 Å². The Kier molecular flexibility index (Phi) is 20.6. The Morgan fingerprint density at radius 3 is 1.48 bits per heavy atom. The first kappa shape index (κ1) is 54.6. The number of aliphatic hydroxyl groups excluding tert-OH is 2. The molecule has 7 N–H and O–H groups in total. The van der Waals surface area contributed by atoms with E-state index in [0.29, 0.717) is 25.7 Å². The van der Waals surface area contributed by atoms with Gasteiger partial charge in [-0.3, -0.25) is 29.0 Å². The van der Waals surface area contributed by atoms with E-state index in [1.807, 2.05) is 27.7 Å². The lowest BCUT2D eigenvalue weighted by Gasteiger charge is -2.22. The number of ether oxygens (including phenoxy) is 5. The Bertz CT molecular complexity index is 2330. The number of hydrogen-bond donors (Lipinski definition) is 5. The Morgan fingerprint density at radius 1 is 0.597 bits per heavy atom. The molecule has 3 aliphatic rings. The summed E-state index contributed by atoms with van der Waals surface area (Å²) < 4.78 is 25.2. The second kappa shape index (κ2) is 25.2. The molecule has 4 unspecified atom stereocenters. The summed E-state index contributed by atoms with van der Waals surface area (Å²) in [6, 6.07) is 11.6. The minimum absolute atomic E-state index is 0.00917. The zero-order valence-electron chi connectivity index (χ0n) is 38.1. The lowest BCUT2D eigenvalue weighted by atomic mass is 10.1. The van der Waals surface area contributed by atoms with Crippen molar-refractivity contribution in [3.05, 3.63) is 105 Å². The van der Waals surface area contributed by atoms with Crippen molar-refractivity contribution in [1.82, 2.24) is 9.80 Å². The van der Waals surface area contributed by atoms with Crippen LogP contribution in [0, 0.1) is 5.92 Å². The molecule has 362 valence electrons. The summed E-state index contributed by atoms with van der Waals surface area (Å²) in [5.41, 5.74) is 11.7. The van der Waals surface area contributed by atoms with Crippen LogP contribution in [-0.4, -0.2) is 156 Å². The third-order valence-corrected chi connectivity index (χ3v) is 9.20. The van der Waals surface area contributed by atoms with Crippen LogP contribution in [0.3, 0.4) is 0 Å². The third kappa shape index (κ3) is 15.1. The van der Waals surface area contributed by atoms with Crippen molar-refractivity contribution in [3.8, 4) is 0 Å². The Morgan fingerprint density at radius 2 is 1.00 bits per heavy atom. The number of aliphatic hydroxyl groups is 2. The maximum absolute atomic E-state index is 12.9. The van der Waals surface area contributed by atoms with Gasteiger partial charge in [0.2, 0.25) is 0 Å². The number of fused-ring (bicyclic) bond motifs is 3. The first-order valence-corrected chi connectivity index (χ1v) is 20.9. The minimum Gasteiger partial charge on any atom is -0.478 e. The van der Waals surface area contributed by atoms with Crippen molar-refractivity contribution < 1.29 is 82.2 Å². The highest BCUT2D eigenvalue weighted by Crippen LogP contribution is 2.27. The molecule has 3 aromatic rings. The summed E-state index contributed by atoms with van der Waals surface area (Å²) in [5, 5.41) is 24.6. The van der Waals surface area contributed by atoms with Crippen LogP contribution in [0.2, 0.25) is 0 Å². The second-order valence-electron chi connectivity index (χ2n) is 16.0. The topological polar surface area (TPSA) is 319 Å². The number of cyclic esters (lactones) is 2. The number of carboxylic acids is 1. The molecule has 0 bridgehead atoms. The van der Waals surface area contributed by atoms with E-state index in [9.17, 15) is 43.2 Å². The highest BCUT2D eigenvalue weighted by atomic mass is 16.6. The molecule has 6 rings (SSSR count). The van der Waals surface area contributed by atoms with Gasteiger partial charge in [0.1, 0.15) is 13.2 Å². The van der Waals surface area contributed by atoms with Crippen LogP contribution in [0.5, 0.6) is 0 Å². The van der Waals surface area contributed by atoms with Gasteiger partial charge in [-0.1, -0.05) is 13.8 Å². The Labute approximate surface area is 385 Å². The summed E-state index contributed by atoms with van der Waals surface area (Å²) in [4.78, 5) is 109. The molecular formula is C46H56N4O17. The normalized spacial score (nSPS) is 15.1. The highest BCUT2D eigenvalue weighted by Gasteiger charge is 2.39. The van der Waals surface area contributed by atoms with Crippen molar-refractivity contribution in [2.75, 3.05) is 53.3 Å². The molecule has 3 aliphatic heterocycles. The number of amides is 4. The summed E-state index contributed by atoms with van der Waals surface area (Å²) in [6.07, 6.45) is -0.560. The summed E-state index contributed by atoms with van der Waals surface area (Å²) in [5.74, 6) is -5.80. The molecule has 21 nitrogen and oxygen atoms in total. The lowest BCUT2D eigenvalue weighted by molar-refractivity contribution is 0.0265. The first-order chi connectivity index (χ1) is 31.5. The van der Waals surface area contributed by atoms with Crippen molar-refractivity contribution in [3.63, 3.8) is 0 Å². The monoisotopic (exact) mass is 936 g/mol. The molecule has 0 saturated heterocycles. The van der Waals surface area contributed by atoms with Gasteiger partial charge in [0.05, 0.1) is 88.6 Å². The van der Waals surface area contributed by atoms with E-state index in [1.54, 1.807) is 6.92 Å². The average molecular weight is 937 g/mol. The van der Waals surface area contributed by atoms with Crippen LogP contribution in [0.4, 0.5) is 0 Å². The fourth-order valence-corrected chi connectivity index (χ4v) is 5.92. The van der Waals surface area contributed by atoms with Gasteiger partial charge in [-0.2, -0.15) is 0 Å². The predicted molar refractivity (Wildman–Crippen MR) is 236 cm³/mol. The summed E-state index contributed by atoms with van der Waals surface area (Å²) in [6.45, 7) is 12.3. The average Bonchev–Trinajstić information content (AvgIpc) is 3.80. The quantitative estimate of drug-likeness (QED) is 0.0452. The first-order valence-electron chi connectivity index (χ1n) is 20.9. The number of nitrogens with two attached hydrogens (primary N) is 2. The molecule has 21 heteroatoms. The molecule has 0 spiro atoms. The smallest absolute Gasteiger partial charge is 0.346 e. The molecule has 0 fully saturated rings. The van der Waals surface area contributed by atoms with Crippen molar-refractivity contribution >= 4 is 53.5 Å². The van der Waals surface area contributed by atoms with Crippen LogP contribution >= 0.6 is 0 Å². The summed E-state index contributed by atoms with van der Waals surface area (Å²) >= 11 is 0. The van der Waals surface area contributed by atoms with E-state index >= 15 is 0 Å². The number of rotatable bonds is 16. The fourth-order valence-electron chi connectivity index (χ4n) is 5.92. The van der Waals surface area contributed by atoms with Crippen LogP contribution in [0.25, 0.3) is 0 Å². The van der Waals surface area contributed by atoms with Gasteiger partial charge in [0, 0.05) is 25.7 Å². The zero-order chi connectivity index (χ0) is 50.3. The van der Waals surface area contributed by atoms with Gasteiger partial charge in [0.15, 0.2) is 0 Å². The van der Waals surface area contributed by atoms with Gasteiger partial charge in [0.25, 0.3) is 23.6 Å². The molecule has 0 saturated carbocycles. The van der Waals surface area contributed by atoms with Gasteiger partial charge in [-0.05, 0) is 88.2 Å². The number of aromatic carboxylic acids is 1. The van der Waals surface area contributed by atoms with Gasteiger partial charge in [-0.15, -0.1) is 0 Å². The van der Waals surface area contributed by atoms with Crippen molar-refractivity contribution in [1.29, 1.82) is 0 Å². The fraction of sp³-hybridized carbons (Fsp3) is 0.413. The largest absolute Gasteiger partial charge is 0.478 e. The van der Waals surface area contributed by atoms with E-state index in [4.69, 9.17) is 45.7 Å². The Hall–Kier alpha value is -6.75. The molecule has 3 heterocycles. The van der Waals surface area contributed by atoms with Crippen molar-refractivity contribution in [2.45, 2.75) is 65.8 Å². The van der Waals surface area contributed by atoms with E-state index in [2.05, 4.69) is 4.74 Å². The third-order valence-electron chi connectivity index (χ3n) is 9.20. The molecule has 4 atom stereocenters. The SMILES string of the molecule is CC(C)COCC(C)N1C(=O)c2ccc(C(=O)OCCOC(=O)c3ccc4c(c3)C(=O)N(C)C4=O)cc2C1=O.CC(N)COCC(C)N.CC(O)CO.O=C(O)c1ccc2c(c1)C(=O)OC2=O. The minimum atomic E-state index is -1.15. The van der Waals surface area contributed by atoms with Crippen LogP contribution in [-0.2, 0) is 23.7 Å². The molecule has 67 heavy (non-hydrogen) atoms. The van der Waals surface area contributed by atoms with Crippen LogP contribution in [0.1, 0.15) is 135 Å². The number of carboxylic acid groups (broad SMARTS) is 1. The maximum Gasteiger partial charge on any atom is 0.346 e. The van der Waals surface area contributed by atoms with Crippen LogP contribution < -0.4 is 11.5 Å². The zero-order valence-corrected chi connectivity index (χ0v) is 38.1. The van der Waals surface area contributed by atoms with Crippen molar-refractivity contribution in [2.24, 2.45) is 17.4 Å². The number of benzene rings is 3. The second-order valence-corrected chi connectivity index (χ2v) is 16.0. The molecular weight excluding hydrogens is 881 g/mol. The predicted octanol–water partition coefficient (Wildman–Crippen LogP) is 2.34. The van der Waals surface area contributed by atoms with Gasteiger partial charge < -0.3 is 50.5 Å².